The molecule has 0 bridgehead atoms. The number of carbonyl (C=O) groups is 1. The fraction of sp³-hybridized carbons (Fsp3) is 0.353. The van der Waals surface area contributed by atoms with E-state index in [0.717, 1.165) is 31.4 Å². The topological polar surface area (TPSA) is 22.0 Å². The first kappa shape index (κ1) is 12.3. The molecule has 1 aliphatic carbocycles. The Morgan fingerprint density at radius 1 is 1.25 bits per heavy atom. The highest BCUT2D eigenvalue weighted by atomic mass is 32.2. The second-order valence-electron chi connectivity index (χ2n) is 5.79. The van der Waals surface area contributed by atoms with E-state index in [4.69, 9.17) is 0 Å². The predicted molar refractivity (Wildman–Crippen MR) is 81.3 cm³/mol. The van der Waals surface area contributed by atoms with Gasteiger partial charge in [-0.3, -0.25) is 4.79 Å². The molecule has 1 saturated carbocycles. The molecular formula is C17H17NOS. The zero-order valence-corrected chi connectivity index (χ0v) is 12.1. The summed E-state index contributed by atoms with van der Waals surface area (Å²) in [7, 11) is 0. The lowest BCUT2D eigenvalue weighted by atomic mass is 10.1. The number of aromatic nitrogens is 1. The van der Waals surface area contributed by atoms with Crippen molar-refractivity contribution in [3.8, 4) is 0 Å². The normalized spacial score (nSPS) is 20.9. The number of nitrogens with zero attached hydrogens (tertiary/aromatic N) is 1. The standard InChI is InChI=1S/C17H17NOS/c19-17(12-5-6-12)14-7-8-18(10-14)11-15-9-13-3-1-2-4-16(13)20-15/h1-4,7-8,10,12,15H,5-6,9,11H2. The van der Waals surface area contributed by atoms with Crippen molar-refractivity contribution in [3.63, 3.8) is 0 Å². The minimum atomic E-state index is 0.316. The molecule has 2 aromatic rings. The third-order valence-electron chi connectivity index (χ3n) is 4.11. The second kappa shape index (κ2) is 4.81. The minimum Gasteiger partial charge on any atom is -0.352 e. The van der Waals surface area contributed by atoms with E-state index in [-0.39, 0.29) is 0 Å². The van der Waals surface area contributed by atoms with Gasteiger partial charge >= 0.3 is 0 Å². The largest absolute Gasteiger partial charge is 0.352 e. The van der Waals surface area contributed by atoms with Gasteiger partial charge in [-0.25, -0.2) is 0 Å². The summed E-state index contributed by atoms with van der Waals surface area (Å²) in [5, 5.41) is 0.587. The molecule has 0 amide bonds. The molecule has 1 aromatic heterocycles. The fourth-order valence-corrected chi connectivity index (χ4v) is 4.20. The number of hydrogen-bond donors (Lipinski definition) is 0. The average molecular weight is 283 g/mol. The second-order valence-corrected chi connectivity index (χ2v) is 7.13. The highest BCUT2D eigenvalue weighted by Crippen LogP contribution is 2.37. The van der Waals surface area contributed by atoms with Gasteiger partial charge in [-0.15, -0.1) is 11.8 Å². The number of benzene rings is 1. The van der Waals surface area contributed by atoms with E-state index in [1.165, 1.54) is 10.5 Å². The molecule has 0 spiro atoms. The Morgan fingerprint density at radius 2 is 2.10 bits per heavy atom. The molecule has 3 heteroatoms. The van der Waals surface area contributed by atoms with E-state index in [1.54, 1.807) is 0 Å². The van der Waals surface area contributed by atoms with Crippen LogP contribution in [0.25, 0.3) is 0 Å². The number of ketones is 1. The molecule has 1 aliphatic heterocycles. The summed E-state index contributed by atoms with van der Waals surface area (Å²) in [5.74, 6) is 0.655. The smallest absolute Gasteiger partial charge is 0.167 e. The minimum absolute atomic E-state index is 0.316. The zero-order chi connectivity index (χ0) is 13.5. The van der Waals surface area contributed by atoms with E-state index >= 15 is 0 Å². The Bertz CT molecular complexity index is 632. The van der Waals surface area contributed by atoms with E-state index in [1.807, 2.05) is 24.0 Å². The van der Waals surface area contributed by atoms with Crippen LogP contribution in [0.1, 0.15) is 28.8 Å². The number of carbonyl (C=O) groups excluding carboxylic acids is 1. The van der Waals surface area contributed by atoms with Gasteiger partial charge in [-0.1, -0.05) is 18.2 Å². The molecule has 20 heavy (non-hydrogen) atoms. The maximum atomic E-state index is 12.0. The molecule has 1 unspecified atom stereocenters. The first-order valence-electron chi connectivity index (χ1n) is 7.24. The summed E-state index contributed by atoms with van der Waals surface area (Å²) < 4.78 is 2.18. The quantitative estimate of drug-likeness (QED) is 0.796. The Morgan fingerprint density at radius 3 is 2.90 bits per heavy atom. The average Bonchev–Trinajstić information content (AvgIpc) is 3.07. The molecule has 0 radical (unpaired) electrons. The molecule has 0 N–H and O–H groups in total. The van der Waals surface area contributed by atoms with E-state index in [9.17, 15) is 4.79 Å². The van der Waals surface area contributed by atoms with Gasteiger partial charge in [0.05, 0.1) is 0 Å². The number of thioether (sulfide) groups is 1. The molecule has 1 atom stereocenters. The van der Waals surface area contributed by atoms with Gasteiger partial charge in [0.15, 0.2) is 5.78 Å². The molecule has 2 nitrogen and oxygen atoms in total. The number of Topliss-reactive ketones (excluding diaryl/α,β-unsaturated/α-hetero) is 1. The van der Waals surface area contributed by atoms with E-state index in [2.05, 4.69) is 35.0 Å². The lowest BCUT2D eigenvalue weighted by molar-refractivity contribution is 0.0967. The van der Waals surface area contributed by atoms with Crippen molar-refractivity contribution >= 4 is 17.5 Å². The van der Waals surface area contributed by atoms with Gasteiger partial charge in [-0.05, 0) is 37.0 Å². The van der Waals surface area contributed by atoms with Crippen LogP contribution >= 0.6 is 11.8 Å². The summed E-state index contributed by atoms with van der Waals surface area (Å²) in [6.07, 6.45) is 7.38. The SMILES string of the molecule is O=C(c1ccn(CC2Cc3ccccc3S2)c1)C1CC1. The highest BCUT2D eigenvalue weighted by molar-refractivity contribution is 8.00. The van der Waals surface area contributed by atoms with Crippen molar-refractivity contribution in [1.29, 1.82) is 0 Å². The predicted octanol–water partition coefficient (Wildman–Crippen LogP) is 3.80. The van der Waals surface area contributed by atoms with Crippen molar-refractivity contribution in [2.24, 2.45) is 5.92 Å². The Labute approximate surface area is 123 Å². The van der Waals surface area contributed by atoms with Crippen molar-refractivity contribution in [1.82, 2.24) is 4.57 Å². The summed E-state index contributed by atoms with van der Waals surface area (Å²) in [4.78, 5) is 13.4. The molecule has 0 saturated heterocycles. The zero-order valence-electron chi connectivity index (χ0n) is 11.3. The Balaban J connectivity index is 1.44. The van der Waals surface area contributed by atoms with Gasteiger partial charge in [0.2, 0.25) is 0 Å². The monoisotopic (exact) mass is 283 g/mol. The summed E-state index contributed by atoms with van der Waals surface area (Å²) in [6, 6.07) is 10.6. The molecule has 102 valence electrons. The van der Waals surface area contributed by atoms with Crippen molar-refractivity contribution in [2.45, 2.75) is 36.0 Å². The maximum Gasteiger partial charge on any atom is 0.167 e. The van der Waals surface area contributed by atoms with Crippen LogP contribution in [0.3, 0.4) is 0 Å². The van der Waals surface area contributed by atoms with Gasteiger partial charge in [0.25, 0.3) is 0 Å². The van der Waals surface area contributed by atoms with Crippen molar-refractivity contribution in [2.75, 3.05) is 0 Å². The van der Waals surface area contributed by atoms with Gasteiger partial charge in [-0.2, -0.15) is 0 Å². The number of hydrogen-bond acceptors (Lipinski definition) is 2. The maximum absolute atomic E-state index is 12.0. The van der Waals surface area contributed by atoms with Crippen LogP contribution in [-0.2, 0) is 13.0 Å². The van der Waals surface area contributed by atoms with E-state index in [0.29, 0.717) is 17.0 Å². The fourth-order valence-electron chi connectivity index (χ4n) is 2.87. The van der Waals surface area contributed by atoms with Crippen LogP contribution in [-0.4, -0.2) is 15.6 Å². The summed E-state index contributed by atoms with van der Waals surface area (Å²) >= 11 is 1.96. The Hall–Kier alpha value is -1.48. The highest BCUT2D eigenvalue weighted by Gasteiger charge is 2.31. The number of rotatable bonds is 4. The number of fused-ring (bicyclic) bond motifs is 1. The molecule has 1 aromatic carbocycles. The molecule has 2 aliphatic rings. The van der Waals surface area contributed by atoms with Gasteiger partial charge in [0, 0.05) is 40.6 Å². The molecule has 1 fully saturated rings. The van der Waals surface area contributed by atoms with Crippen LogP contribution in [0, 0.1) is 5.92 Å². The van der Waals surface area contributed by atoms with E-state index < -0.39 is 0 Å². The third-order valence-corrected chi connectivity index (χ3v) is 5.41. The summed E-state index contributed by atoms with van der Waals surface area (Å²) in [5.41, 5.74) is 2.36. The van der Waals surface area contributed by atoms with Gasteiger partial charge < -0.3 is 4.57 Å². The van der Waals surface area contributed by atoms with Gasteiger partial charge in [0.1, 0.15) is 0 Å². The third kappa shape index (κ3) is 2.31. The first-order valence-corrected chi connectivity index (χ1v) is 8.12. The van der Waals surface area contributed by atoms with Crippen LogP contribution in [0.4, 0.5) is 0 Å². The summed E-state index contributed by atoms with van der Waals surface area (Å²) in [6.45, 7) is 0.983. The lowest BCUT2D eigenvalue weighted by Gasteiger charge is -2.09. The van der Waals surface area contributed by atoms with Crippen LogP contribution in [0.15, 0.2) is 47.6 Å². The Kier molecular flexibility index (Phi) is 2.95. The van der Waals surface area contributed by atoms with Crippen LogP contribution in [0.2, 0.25) is 0 Å². The van der Waals surface area contributed by atoms with Crippen LogP contribution in [0.5, 0.6) is 0 Å². The lowest BCUT2D eigenvalue weighted by Crippen LogP contribution is -2.10. The van der Waals surface area contributed by atoms with Crippen LogP contribution < -0.4 is 0 Å². The molecular weight excluding hydrogens is 266 g/mol. The molecule has 2 heterocycles. The first-order chi connectivity index (χ1) is 9.79. The molecule has 4 rings (SSSR count). The van der Waals surface area contributed by atoms with Crippen molar-refractivity contribution < 1.29 is 4.79 Å². The van der Waals surface area contributed by atoms with Crippen molar-refractivity contribution in [3.05, 3.63) is 53.9 Å².